The van der Waals surface area contributed by atoms with Crippen LogP contribution in [0.3, 0.4) is 0 Å². The van der Waals surface area contributed by atoms with Gasteiger partial charge in [0.1, 0.15) is 11.4 Å². The Hall–Kier alpha value is -1.47. The first-order valence-electron chi connectivity index (χ1n) is 6.54. The second-order valence-electron chi connectivity index (χ2n) is 5.67. The van der Waals surface area contributed by atoms with Crippen LogP contribution >= 0.6 is 0 Å². The summed E-state index contributed by atoms with van der Waals surface area (Å²) in [5.41, 5.74) is -0.768. The van der Waals surface area contributed by atoms with Crippen LogP contribution in [0.25, 0.3) is 0 Å². The predicted octanol–water partition coefficient (Wildman–Crippen LogP) is 1.20. The van der Waals surface area contributed by atoms with E-state index in [1.807, 2.05) is 0 Å². The van der Waals surface area contributed by atoms with Gasteiger partial charge in [-0.05, 0) is 38.8 Å². The van der Waals surface area contributed by atoms with Crippen molar-refractivity contribution in [1.29, 1.82) is 0 Å². The Bertz CT molecular complexity index is 614. The summed E-state index contributed by atoms with van der Waals surface area (Å²) in [7, 11) is -3.50. The van der Waals surface area contributed by atoms with Crippen LogP contribution in [0.2, 0.25) is 0 Å². The zero-order valence-electron chi connectivity index (χ0n) is 12.6. The van der Waals surface area contributed by atoms with Crippen LogP contribution < -0.4 is 10.0 Å². The molecule has 0 fully saturated rings. The largest absolute Gasteiger partial charge is 0.352 e. The molecule has 0 aliphatic carbocycles. The number of benzene rings is 1. The molecule has 7 heteroatoms. The molecule has 0 radical (unpaired) electrons. The molecule has 0 aliphatic heterocycles. The molecule has 0 unspecified atom stereocenters. The lowest BCUT2D eigenvalue weighted by Crippen LogP contribution is -2.56. The Balaban J connectivity index is 2.68. The Morgan fingerprint density at radius 2 is 1.90 bits per heavy atom. The second kappa shape index (κ2) is 6.53. The van der Waals surface area contributed by atoms with Gasteiger partial charge in [0.05, 0.1) is 6.26 Å². The van der Waals surface area contributed by atoms with Crippen LogP contribution in [-0.4, -0.2) is 32.2 Å². The summed E-state index contributed by atoms with van der Waals surface area (Å²) in [4.78, 5) is 12.1. The molecule has 1 amide bonds. The minimum absolute atomic E-state index is 0.324. The zero-order chi connectivity index (χ0) is 16.3. The smallest absolute Gasteiger partial charge is 0.240 e. The number of rotatable bonds is 6. The maximum Gasteiger partial charge on any atom is 0.240 e. The average molecular weight is 316 g/mol. The summed E-state index contributed by atoms with van der Waals surface area (Å²) in [6.45, 7) is 4.68. The summed E-state index contributed by atoms with van der Waals surface area (Å²) < 4.78 is 38.3. The number of carbonyl (C=O) groups excluding carboxylic acids is 1. The van der Waals surface area contributed by atoms with Gasteiger partial charge in [-0.3, -0.25) is 4.79 Å². The normalized spacial score (nSPS) is 13.8. The van der Waals surface area contributed by atoms with Crippen molar-refractivity contribution in [2.45, 2.75) is 38.8 Å². The number of hydrogen-bond acceptors (Lipinski definition) is 3. The van der Waals surface area contributed by atoms with Crippen molar-refractivity contribution in [3.8, 4) is 0 Å². The standard InChI is InChI=1S/C14H21FN2O3S/c1-10(9-11-7-5-6-8-12(11)15)16-13(18)14(2,3)17-21(4,19)20/h5-8,10,17H,9H2,1-4H3,(H,16,18)/t10-/m1/s1. The van der Waals surface area contributed by atoms with E-state index < -0.39 is 21.5 Å². The first-order valence-corrected chi connectivity index (χ1v) is 8.44. The van der Waals surface area contributed by atoms with Gasteiger partial charge >= 0.3 is 0 Å². The maximum absolute atomic E-state index is 13.5. The van der Waals surface area contributed by atoms with E-state index in [4.69, 9.17) is 0 Å². The highest BCUT2D eigenvalue weighted by Gasteiger charge is 2.31. The van der Waals surface area contributed by atoms with Crippen LogP contribution in [0.5, 0.6) is 0 Å². The van der Waals surface area contributed by atoms with Crippen molar-refractivity contribution >= 4 is 15.9 Å². The van der Waals surface area contributed by atoms with Gasteiger partial charge in [-0.2, -0.15) is 0 Å². The lowest BCUT2D eigenvalue weighted by atomic mass is 10.0. The highest BCUT2D eigenvalue weighted by Crippen LogP contribution is 2.10. The van der Waals surface area contributed by atoms with E-state index in [1.54, 1.807) is 25.1 Å². The molecule has 1 rings (SSSR count). The molecule has 0 spiro atoms. The fourth-order valence-electron chi connectivity index (χ4n) is 1.96. The van der Waals surface area contributed by atoms with E-state index >= 15 is 0 Å². The van der Waals surface area contributed by atoms with E-state index in [2.05, 4.69) is 10.0 Å². The summed E-state index contributed by atoms with van der Waals surface area (Å²) in [5, 5.41) is 2.69. The van der Waals surface area contributed by atoms with Crippen molar-refractivity contribution in [1.82, 2.24) is 10.0 Å². The second-order valence-corrected chi connectivity index (χ2v) is 7.42. The molecule has 0 saturated heterocycles. The predicted molar refractivity (Wildman–Crippen MR) is 79.8 cm³/mol. The van der Waals surface area contributed by atoms with E-state index in [-0.39, 0.29) is 11.9 Å². The lowest BCUT2D eigenvalue weighted by molar-refractivity contribution is -0.126. The molecule has 1 aromatic carbocycles. The summed E-state index contributed by atoms with van der Waals surface area (Å²) >= 11 is 0. The fraction of sp³-hybridized carbons (Fsp3) is 0.500. The Morgan fingerprint density at radius 1 is 1.33 bits per heavy atom. The van der Waals surface area contributed by atoms with E-state index in [0.717, 1.165) is 6.26 Å². The molecular weight excluding hydrogens is 295 g/mol. The average Bonchev–Trinajstić information content (AvgIpc) is 2.28. The van der Waals surface area contributed by atoms with E-state index in [9.17, 15) is 17.6 Å². The molecule has 118 valence electrons. The first-order chi connectivity index (χ1) is 9.51. The molecule has 21 heavy (non-hydrogen) atoms. The van der Waals surface area contributed by atoms with E-state index in [1.165, 1.54) is 19.9 Å². The molecule has 5 nitrogen and oxygen atoms in total. The molecule has 0 saturated carbocycles. The van der Waals surface area contributed by atoms with Crippen molar-refractivity contribution in [3.05, 3.63) is 35.6 Å². The third-order valence-corrected chi connectivity index (χ3v) is 3.75. The van der Waals surface area contributed by atoms with Gasteiger partial charge in [-0.1, -0.05) is 18.2 Å². The third kappa shape index (κ3) is 5.81. The van der Waals surface area contributed by atoms with Crippen LogP contribution in [0.15, 0.2) is 24.3 Å². The van der Waals surface area contributed by atoms with Gasteiger partial charge in [-0.25, -0.2) is 17.5 Å². The van der Waals surface area contributed by atoms with Gasteiger partial charge in [0.15, 0.2) is 0 Å². The fourth-order valence-corrected chi connectivity index (χ4v) is 2.98. The van der Waals surface area contributed by atoms with E-state index in [0.29, 0.717) is 12.0 Å². The number of amides is 1. The monoisotopic (exact) mass is 316 g/mol. The number of hydrogen-bond donors (Lipinski definition) is 2. The molecule has 1 aromatic rings. The Labute approximate surface area is 125 Å². The Kier molecular flexibility index (Phi) is 5.47. The highest BCUT2D eigenvalue weighted by atomic mass is 32.2. The topological polar surface area (TPSA) is 75.3 Å². The van der Waals surface area contributed by atoms with Crippen molar-refractivity contribution in [3.63, 3.8) is 0 Å². The van der Waals surface area contributed by atoms with Gasteiger partial charge in [0, 0.05) is 6.04 Å². The summed E-state index contributed by atoms with van der Waals surface area (Å²) in [5.74, 6) is -0.788. The van der Waals surface area contributed by atoms with Crippen LogP contribution in [0.4, 0.5) is 4.39 Å². The quantitative estimate of drug-likeness (QED) is 0.828. The minimum Gasteiger partial charge on any atom is -0.352 e. The summed E-state index contributed by atoms with van der Waals surface area (Å²) in [6.07, 6.45) is 1.32. The number of sulfonamides is 1. The van der Waals surface area contributed by atoms with Crippen LogP contribution in [-0.2, 0) is 21.2 Å². The third-order valence-electron chi connectivity index (χ3n) is 2.87. The van der Waals surface area contributed by atoms with Crippen LogP contribution in [0.1, 0.15) is 26.3 Å². The molecule has 2 N–H and O–H groups in total. The molecule has 0 heterocycles. The SMILES string of the molecule is C[C@H](Cc1ccccc1F)NC(=O)C(C)(C)NS(C)(=O)=O. The lowest BCUT2D eigenvalue weighted by Gasteiger charge is -2.26. The first kappa shape index (κ1) is 17.6. The molecule has 0 aromatic heterocycles. The summed E-state index contributed by atoms with van der Waals surface area (Å²) in [6, 6.07) is 6.01. The number of halogens is 1. The van der Waals surface area contributed by atoms with Crippen molar-refractivity contribution in [2.75, 3.05) is 6.26 Å². The number of nitrogens with one attached hydrogen (secondary N) is 2. The molecule has 0 bridgehead atoms. The van der Waals surface area contributed by atoms with Gasteiger partial charge in [-0.15, -0.1) is 0 Å². The van der Waals surface area contributed by atoms with Gasteiger partial charge in [0.25, 0.3) is 0 Å². The number of carbonyl (C=O) groups is 1. The van der Waals surface area contributed by atoms with Gasteiger partial charge in [0.2, 0.25) is 15.9 Å². The Morgan fingerprint density at radius 3 is 2.43 bits per heavy atom. The molecule has 0 aliphatic rings. The van der Waals surface area contributed by atoms with Crippen molar-refractivity contribution in [2.24, 2.45) is 0 Å². The van der Waals surface area contributed by atoms with Crippen LogP contribution in [0, 0.1) is 5.82 Å². The minimum atomic E-state index is -3.50. The van der Waals surface area contributed by atoms with Crippen molar-refractivity contribution < 1.29 is 17.6 Å². The highest BCUT2D eigenvalue weighted by molar-refractivity contribution is 7.88. The molecular formula is C14H21FN2O3S. The zero-order valence-corrected chi connectivity index (χ0v) is 13.4. The van der Waals surface area contributed by atoms with Gasteiger partial charge < -0.3 is 5.32 Å². The molecule has 1 atom stereocenters. The maximum atomic E-state index is 13.5.